The van der Waals surface area contributed by atoms with Gasteiger partial charge in [0.05, 0.1) is 51.3 Å². The predicted molar refractivity (Wildman–Crippen MR) is 250 cm³/mol. The maximum atomic E-state index is 13.7. The molecular formula is C38H38Cl2N5O22P3S2. The highest BCUT2D eigenvalue weighted by Crippen LogP contribution is 2.66. The van der Waals surface area contributed by atoms with Crippen molar-refractivity contribution in [1.29, 1.82) is 0 Å². The molecule has 27 nitrogen and oxygen atoms in total. The van der Waals surface area contributed by atoms with Crippen LogP contribution >= 0.6 is 46.7 Å². The zero-order valence-corrected chi connectivity index (χ0v) is 42.9. The molecule has 0 spiro atoms. The molecule has 1 amide bonds. The van der Waals surface area contributed by atoms with Gasteiger partial charge in [0.15, 0.2) is 16.2 Å². The quantitative estimate of drug-likeness (QED) is 0.0302. The predicted octanol–water partition coefficient (Wildman–Crippen LogP) is 4.49. The highest BCUT2D eigenvalue weighted by Gasteiger charge is 2.42. The number of aromatic nitrogens is 2. The van der Waals surface area contributed by atoms with Gasteiger partial charge in [-0.1, -0.05) is 35.0 Å². The number of anilines is 1. The fourth-order valence-electron chi connectivity index (χ4n) is 7.49. The number of phosphoric acid groups is 3. The minimum absolute atomic E-state index is 0.00851. The highest BCUT2D eigenvalue weighted by molar-refractivity contribution is 7.86. The van der Waals surface area contributed by atoms with Crippen LogP contribution in [-0.4, -0.2) is 97.8 Å². The zero-order chi connectivity index (χ0) is 53.8. The fraction of sp³-hybridized carbons (Fsp3) is 0.289. The number of carboxylic acids is 1. The topological polar surface area (TPSA) is 431 Å². The van der Waals surface area contributed by atoms with Crippen molar-refractivity contribution in [2.75, 3.05) is 25.4 Å². The molecule has 0 radical (unpaired) electrons. The van der Waals surface area contributed by atoms with Crippen molar-refractivity contribution < 1.29 is 96.2 Å². The highest BCUT2D eigenvalue weighted by atomic mass is 35.5. The molecule has 388 valence electrons. The van der Waals surface area contributed by atoms with Gasteiger partial charge in [-0.3, -0.25) is 28.0 Å². The number of carboxylic acid groups (broad SMARTS) is 1. The molecule has 2 aromatic carbocycles. The van der Waals surface area contributed by atoms with E-state index >= 15 is 0 Å². The van der Waals surface area contributed by atoms with Crippen LogP contribution in [-0.2, 0) is 51.8 Å². The summed E-state index contributed by atoms with van der Waals surface area (Å²) >= 11 is 13.6. The molecule has 3 aromatic rings. The van der Waals surface area contributed by atoms with E-state index in [1.165, 1.54) is 32.9 Å². The van der Waals surface area contributed by atoms with Gasteiger partial charge in [-0.25, -0.2) is 23.3 Å². The van der Waals surface area contributed by atoms with Crippen molar-refractivity contribution in [3.8, 4) is 34.3 Å². The minimum Gasteiger partial charge on any atom is -0.478 e. The number of fused-ring (bicyclic) bond motifs is 2. The summed E-state index contributed by atoms with van der Waals surface area (Å²) in [4.78, 5) is 82.3. The van der Waals surface area contributed by atoms with E-state index < -0.39 is 135 Å². The molecular weight excluding hydrogens is 1110 g/mol. The number of benzene rings is 3. The maximum Gasteiger partial charge on any atom is 0.490 e. The van der Waals surface area contributed by atoms with E-state index in [2.05, 4.69) is 40.3 Å². The second-order valence-corrected chi connectivity index (χ2v) is 23.3. The van der Waals surface area contributed by atoms with Gasteiger partial charge in [0.2, 0.25) is 0 Å². The van der Waals surface area contributed by atoms with Crippen molar-refractivity contribution in [2.24, 2.45) is 4.99 Å². The number of nitrogen functional groups attached to an aromatic ring is 1. The van der Waals surface area contributed by atoms with Gasteiger partial charge >= 0.3 is 35.1 Å². The van der Waals surface area contributed by atoms with Crippen LogP contribution in [0.25, 0.3) is 33.4 Å². The Morgan fingerprint density at radius 1 is 0.972 bits per heavy atom. The van der Waals surface area contributed by atoms with Crippen molar-refractivity contribution in [1.82, 2.24) is 14.9 Å². The largest absolute Gasteiger partial charge is 0.490 e. The lowest BCUT2D eigenvalue weighted by Crippen LogP contribution is -2.29. The first-order valence-corrected chi connectivity index (χ1v) is 28.2. The van der Waals surface area contributed by atoms with E-state index in [4.69, 9.17) is 47.9 Å². The Bertz CT molecular complexity index is 3680. The lowest BCUT2D eigenvalue weighted by atomic mass is 9.88. The van der Waals surface area contributed by atoms with Gasteiger partial charge in [0, 0.05) is 34.8 Å². The molecule has 0 saturated carbocycles. The molecule has 2 unspecified atom stereocenters. The Hall–Kier alpha value is -4.92. The van der Waals surface area contributed by atoms with Crippen LogP contribution in [0.5, 0.6) is 0 Å². The van der Waals surface area contributed by atoms with Crippen LogP contribution in [0.15, 0.2) is 48.4 Å². The lowest BCUT2D eigenvalue weighted by Gasteiger charge is -2.23. The Kier molecular flexibility index (Phi) is 16.3. The number of nitrogens with two attached hydrogens (primary N) is 1. The zero-order valence-electron chi connectivity index (χ0n) is 37.1. The van der Waals surface area contributed by atoms with Crippen LogP contribution < -0.4 is 22.1 Å². The second-order valence-electron chi connectivity index (χ2n) is 15.3. The molecule has 0 bridgehead atoms. The minimum atomic E-state index is -5.78. The molecule has 72 heavy (non-hydrogen) atoms. The Labute approximate surface area is 415 Å². The number of nitrogens with one attached hydrogen (secondary N) is 1. The van der Waals surface area contributed by atoms with Crippen molar-refractivity contribution in [3.05, 3.63) is 83.7 Å². The monoisotopic (exact) mass is 1140 g/mol. The number of halogens is 2. The van der Waals surface area contributed by atoms with E-state index in [1.54, 1.807) is 6.92 Å². The third kappa shape index (κ3) is 12.2. The number of amides is 1. The van der Waals surface area contributed by atoms with Gasteiger partial charge in [-0.15, -0.1) is 0 Å². The van der Waals surface area contributed by atoms with Gasteiger partial charge in [0.25, 0.3) is 26.1 Å². The number of ether oxygens (including phenoxy) is 1. The summed E-state index contributed by atoms with van der Waals surface area (Å²) in [5, 5.41) is 11.4. The summed E-state index contributed by atoms with van der Waals surface area (Å²) in [6.07, 6.45) is -0.932. The molecule has 3 aliphatic rings. The summed E-state index contributed by atoms with van der Waals surface area (Å²) in [7, 11) is -27.4. The van der Waals surface area contributed by atoms with Crippen LogP contribution in [0.1, 0.15) is 69.0 Å². The van der Waals surface area contributed by atoms with Crippen LogP contribution in [0.4, 0.5) is 5.82 Å². The standard InChI is InChI=1S/C38H38Cl2N5O22P3S2/c1-5-42-30-17(3)12-22-26(21-11-16(2)18(4)33(71(57,58)59)31(21)65-32(22)34(30)72(60,61)62)27-24(39)13-23(29(40)28(27)37(47)48)36(46)43-10-6-7-19-14-45(38(49)44-35(19)41)25-9-8-20(64-25)15-63-69(53,54)67-70(55,56)66-68(50,51)52/h11-14,20,25H,5,8-10,15H2,1-4H3,(H,43,46)(H,47,48)(H,53,54)(H,55,56)(H2,41,44,49)(H2,50,51,52)(H,57,58,59)(H,60,61,62)/t20-,25+/m0/s1. The molecule has 10 N–H and O–H groups in total. The molecule has 6 rings (SSSR count). The van der Waals surface area contributed by atoms with Crippen molar-refractivity contribution in [2.45, 2.75) is 62.7 Å². The van der Waals surface area contributed by atoms with Crippen molar-refractivity contribution in [3.63, 3.8) is 0 Å². The Balaban J connectivity index is 1.33. The molecule has 4 atom stereocenters. The molecule has 1 aromatic heterocycles. The second kappa shape index (κ2) is 20.8. The first kappa shape index (κ1) is 56.4. The average Bonchev–Trinajstić information content (AvgIpc) is 3.70. The normalized spacial score (nSPS) is 17.4. The summed E-state index contributed by atoms with van der Waals surface area (Å²) < 4.78 is 132. The number of nitrogens with zero attached hydrogens (tertiary/aromatic N) is 3. The van der Waals surface area contributed by atoms with E-state index in [9.17, 15) is 68.9 Å². The van der Waals surface area contributed by atoms with E-state index in [0.29, 0.717) is 0 Å². The molecule has 3 heterocycles. The summed E-state index contributed by atoms with van der Waals surface area (Å²) in [6.45, 7) is 4.44. The van der Waals surface area contributed by atoms with Gasteiger partial charge in [-0.05, 0) is 75.4 Å². The fourth-order valence-corrected chi connectivity index (χ4v) is 12.9. The molecule has 34 heteroatoms. The number of carbonyl (C=O) groups is 2. The number of aromatic carboxylic acids is 1. The Morgan fingerprint density at radius 2 is 1.62 bits per heavy atom. The molecule has 2 aliphatic heterocycles. The average molecular weight is 1140 g/mol. The van der Waals surface area contributed by atoms with Gasteiger partial charge in [-0.2, -0.15) is 30.4 Å². The number of hydrogen-bond donors (Lipinski definition) is 9. The first-order chi connectivity index (χ1) is 33.2. The SMILES string of the molecule is CCN=c1c(C)cc2c(-c3c(Cl)cc(C(=O)NCC#Cc4cn([C@H]5CC[C@@H](COP(=O)(O)OP(=O)(O)OP(=O)(O)O)O5)c(=O)nc4N)c(Cl)c3C(=O)O)c3cc(C)c(C)c(S(=O)(=O)O)c3oc-2c1S(=O)(=O)O. The lowest BCUT2D eigenvalue weighted by molar-refractivity contribution is -0.0242. The number of aryl methyl sites for hydroxylation is 2. The van der Waals surface area contributed by atoms with E-state index in [-0.39, 0.29) is 69.3 Å². The Morgan fingerprint density at radius 3 is 2.22 bits per heavy atom. The third-order valence-electron chi connectivity index (χ3n) is 10.4. The summed E-state index contributed by atoms with van der Waals surface area (Å²) in [5.41, 5.74) is 2.12. The van der Waals surface area contributed by atoms with Gasteiger partial charge < -0.3 is 44.9 Å². The van der Waals surface area contributed by atoms with Crippen LogP contribution in [0.3, 0.4) is 0 Å². The number of rotatable bonds is 15. The summed E-state index contributed by atoms with van der Waals surface area (Å²) in [6, 6.07) is 3.65. The van der Waals surface area contributed by atoms with Gasteiger partial charge in [0.1, 0.15) is 16.9 Å². The number of phosphoric ester groups is 1. The maximum absolute atomic E-state index is 13.7. The first-order valence-electron chi connectivity index (χ1n) is 20.0. The van der Waals surface area contributed by atoms with E-state index in [0.717, 1.165) is 16.8 Å². The summed E-state index contributed by atoms with van der Waals surface area (Å²) in [5.74, 6) is 1.25. The third-order valence-corrected chi connectivity index (χ3v) is 16.8. The van der Waals surface area contributed by atoms with E-state index in [1.807, 2.05) is 0 Å². The molecule has 1 fully saturated rings. The number of hydrogen-bond acceptors (Lipinski definition) is 18. The van der Waals surface area contributed by atoms with Crippen LogP contribution in [0.2, 0.25) is 10.0 Å². The number of carbonyl (C=O) groups excluding carboxylic acids is 1. The molecule has 1 aliphatic carbocycles. The molecule has 1 saturated heterocycles. The van der Waals surface area contributed by atoms with Crippen LogP contribution in [0, 0.1) is 32.6 Å². The smallest absolute Gasteiger partial charge is 0.478 e. The van der Waals surface area contributed by atoms with Crippen molar-refractivity contribution >= 4 is 95.6 Å².